The first-order valence-electron chi connectivity index (χ1n) is 7.04. The molecule has 1 atom stereocenters. The van der Waals surface area contributed by atoms with Gasteiger partial charge in [-0.2, -0.15) is 0 Å². The number of piperidine rings is 1. The van der Waals surface area contributed by atoms with E-state index in [9.17, 15) is 4.79 Å². The molecule has 2 aliphatic rings. The number of likely N-dealkylation sites (tertiary alicyclic amines) is 1. The van der Waals surface area contributed by atoms with E-state index >= 15 is 0 Å². The van der Waals surface area contributed by atoms with Crippen molar-refractivity contribution in [3.05, 3.63) is 0 Å². The van der Waals surface area contributed by atoms with Crippen LogP contribution in [0.25, 0.3) is 0 Å². The average molecular weight is 254 g/mol. The fourth-order valence-electron chi connectivity index (χ4n) is 2.66. The van der Waals surface area contributed by atoms with E-state index in [0.29, 0.717) is 5.92 Å². The number of hydrogen-bond acceptors (Lipinski definition) is 3. The molecule has 1 heterocycles. The van der Waals surface area contributed by atoms with Gasteiger partial charge < -0.3 is 15.4 Å². The topological polar surface area (TPSA) is 55.6 Å². The first-order chi connectivity index (χ1) is 8.27. The van der Waals surface area contributed by atoms with Gasteiger partial charge in [-0.3, -0.25) is 0 Å². The van der Waals surface area contributed by atoms with E-state index in [1.165, 1.54) is 6.42 Å². The van der Waals surface area contributed by atoms with Crippen molar-refractivity contribution in [3.8, 4) is 0 Å². The van der Waals surface area contributed by atoms with Gasteiger partial charge in [0, 0.05) is 18.6 Å². The van der Waals surface area contributed by atoms with Gasteiger partial charge in [-0.15, -0.1) is 0 Å². The third-order valence-electron chi connectivity index (χ3n) is 3.76. The molecule has 0 aromatic carbocycles. The lowest BCUT2D eigenvalue weighted by atomic mass is 9.91. The number of amides is 1. The fourth-order valence-corrected chi connectivity index (χ4v) is 2.66. The van der Waals surface area contributed by atoms with Gasteiger partial charge in [0.05, 0.1) is 0 Å². The van der Waals surface area contributed by atoms with Gasteiger partial charge in [-0.1, -0.05) is 0 Å². The molecule has 4 nitrogen and oxygen atoms in total. The van der Waals surface area contributed by atoms with Gasteiger partial charge in [0.1, 0.15) is 5.60 Å². The Morgan fingerprint density at radius 3 is 2.67 bits per heavy atom. The van der Waals surface area contributed by atoms with E-state index in [1.807, 2.05) is 25.7 Å². The minimum absolute atomic E-state index is 0.0849. The molecule has 0 spiro atoms. The molecule has 0 aromatic rings. The molecule has 104 valence electrons. The first kappa shape index (κ1) is 13.7. The Morgan fingerprint density at radius 2 is 2.11 bits per heavy atom. The van der Waals surface area contributed by atoms with Gasteiger partial charge >= 0.3 is 6.09 Å². The second kappa shape index (κ2) is 4.72. The second-order valence-corrected chi connectivity index (χ2v) is 7.00. The van der Waals surface area contributed by atoms with Gasteiger partial charge in [-0.05, 0) is 58.8 Å². The van der Waals surface area contributed by atoms with Crippen LogP contribution in [-0.4, -0.2) is 35.2 Å². The Bertz CT molecular complexity index is 318. The van der Waals surface area contributed by atoms with Crippen molar-refractivity contribution in [1.29, 1.82) is 0 Å². The number of carbonyl (C=O) groups excluding carboxylic acids is 1. The predicted molar refractivity (Wildman–Crippen MR) is 71.3 cm³/mol. The Morgan fingerprint density at radius 1 is 1.44 bits per heavy atom. The number of nitrogens with two attached hydrogens (primary N) is 1. The summed E-state index contributed by atoms with van der Waals surface area (Å²) >= 11 is 0. The summed E-state index contributed by atoms with van der Waals surface area (Å²) in [6, 6.07) is 0. The molecule has 1 saturated heterocycles. The van der Waals surface area contributed by atoms with E-state index in [0.717, 1.165) is 38.8 Å². The Kier molecular flexibility index (Phi) is 3.58. The summed E-state index contributed by atoms with van der Waals surface area (Å²) in [5, 5.41) is 0. The molecule has 0 radical (unpaired) electrons. The maximum atomic E-state index is 12.0. The number of carbonyl (C=O) groups is 1. The van der Waals surface area contributed by atoms with Crippen LogP contribution in [0, 0.1) is 5.92 Å². The minimum atomic E-state index is -0.407. The summed E-state index contributed by atoms with van der Waals surface area (Å²) in [7, 11) is 0. The first-order valence-corrected chi connectivity index (χ1v) is 7.04. The van der Waals surface area contributed by atoms with Crippen molar-refractivity contribution < 1.29 is 9.53 Å². The molecule has 2 rings (SSSR count). The molecule has 1 aliphatic carbocycles. The second-order valence-electron chi connectivity index (χ2n) is 7.00. The molecule has 2 fully saturated rings. The maximum absolute atomic E-state index is 12.0. The molecule has 1 saturated carbocycles. The van der Waals surface area contributed by atoms with Crippen LogP contribution in [0.5, 0.6) is 0 Å². The van der Waals surface area contributed by atoms with Gasteiger partial charge in [0.15, 0.2) is 0 Å². The predicted octanol–water partition coefficient (Wildman–Crippen LogP) is 2.51. The summed E-state index contributed by atoms with van der Waals surface area (Å²) in [5.74, 6) is 0.554. The molecule has 0 aromatic heterocycles. The van der Waals surface area contributed by atoms with Crippen LogP contribution in [-0.2, 0) is 4.74 Å². The van der Waals surface area contributed by atoms with E-state index in [4.69, 9.17) is 10.5 Å². The van der Waals surface area contributed by atoms with Crippen LogP contribution >= 0.6 is 0 Å². The fraction of sp³-hybridized carbons (Fsp3) is 0.929. The minimum Gasteiger partial charge on any atom is -0.444 e. The quantitative estimate of drug-likeness (QED) is 0.823. The van der Waals surface area contributed by atoms with Crippen LogP contribution in [0.15, 0.2) is 0 Å². The summed E-state index contributed by atoms with van der Waals surface area (Å²) in [5.41, 5.74) is 5.84. The molecule has 0 bridgehead atoms. The van der Waals surface area contributed by atoms with E-state index in [1.54, 1.807) is 0 Å². The summed E-state index contributed by atoms with van der Waals surface area (Å²) < 4.78 is 5.43. The molecule has 1 amide bonds. The van der Waals surface area contributed by atoms with E-state index in [-0.39, 0.29) is 11.6 Å². The molecule has 18 heavy (non-hydrogen) atoms. The molecular weight excluding hydrogens is 228 g/mol. The zero-order chi connectivity index (χ0) is 13.4. The third kappa shape index (κ3) is 3.87. The largest absolute Gasteiger partial charge is 0.444 e. The Hall–Kier alpha value is -0.770. The molecule has 4 heteroatoms. The van der Waals surface area contributed by atoms with Crippen molar-refractivity contribution in [2.24, 2.45) is 11.7 Å². The lowest BCUT2D eigenvalue weighted by molar-refractivity contribution is 0.0156. The smallest absolute Gasteiger partial charge is 0.410 e. The maximum Gasteiger partial charge on any atom is 0.410 e. The van der Waals surface area contributed by atoms with Crippen molar-refractivity contribution in [3.63, 3.8) is 0 Å². The molecule has 1 aliphatic heterocycles. The average Bonchev–Trinajstić information content (AvgIpc) is 2.94. The highest BCUT2D eigenvalue weighted by Crippen LogP contribution is 2.40. The van der Waals surface area contributed by atoms with Crippen LogP contribution in [0.2, 0.25) is 0 Å². The van der Waals surface area contributed by atoms with E-state index in [2.05, 4.69) is 0 Å². The van der Waals surface area contributed by atoms with E-state index < -0.39 is 5.60 Å². The standard InChI is InChI=1S/C14H26N2O2/c1-13(2,3)18-12(17)16-8-4-5-11(10-16)9-14(15)6-7-14/h11H,4-10,15H2,1-3H3. The Balaban J connectivity index is 1.84. The molecule has 1 unspecified atom stereocenters. The normalized spacial score (nSPS) is 26.9. The number of hydrogen-bond donors (Lipinski definition) is 1. The molecular formula is C14H26N2O2. The van der Waals surface area contributed by atoms with Crippen LogP contribution in [0.1, 0.15) is 52.9 Å². The lowest BCUT2D eigenvalue weighted by Crippen LogP contribution is -2.44. The number of ether oxygens (including phenoxy) is 1. The summed E-state index contributed by atoms with van der Waals surface area (Å²) in [6.07, 6.45) is 5.45. The van der Waals surface area contributed by atoms with Gasteiger partial charge in [0.2, 0.25) is 0 Å². The Labute approximate surface area is 110 Å². The van der Waals surface area contributed by atoms with Crippen LogP contribution < -0.4 is 5.73 Å². The van der Waals surface area contributed by atoms with Crippen LogP contribution in [0.4, 0.5) is 4.79 Å². The summed E-state index contributed by atoms with van der Waals surface area (Å²) in [6.45, 7) is 7.36. The number of rotatable bonds is 2. The molecule has 2 N–H and O–H groups in total. The highest BCUT2D eigenvalue weighted by atomic mass is 16.6. The zero-order valence-electron chi connectivity index (χ0n) is 11.9. The number of nitrogens with zero attached hydrogens (tertiary/aromatic N) is 1. The van der Waals surface area contributed by atoms with Crippen molar-refractivity contribution >= 4 is 6.09 Å². The zero-order valence-corrected chi connectivity index (χ0v) is 11.9. The third-order valence-corrected chi connectivity index (χ3v) is 3.76. The SMILES string of the molecule is CC(C)(C)OC(=O)N1CCCC(CC2(N)CC2)C1. The monoisotopic (exact) mass is 254 g/mol. The van der Waals surface area contributed by atoms with Crippen molar-refractivity contribution in [2.45, 2.75) is 64.0 Å². The van der Waals surface area contributed by atoms with Crippen molar-refractivity contribution in [1.82, 2.24) is 4.90 Å². The van der Waals surface area contributed by atoms with Gasteiger partial charge in [0.25, 0.3) is 0 Å². The van der Waals surface area contributed by atoms with Crippen LogP contribution in [0.3, 0.4) is 0 Å². The highest BCUT2D eigenvalue weighted by Gasteiger charge is 2.41. The van der Waals surface area contributed by atoms with Gasteiger partial charge in [-0.25, -0.2) is 4.79 Å². The lowest BCUT2D eigenvalue weighted by Gasteiger charge is -2.35. The highest BCUT2D eigenvalue weighted by molar-refractivity contribution is 5.68. The summed E-state index contributed by atoms with van der Waals surface area (Å²) in [4.78, 5) is 13.9. The van der Waals surface area contributed by atoms with Crippen molar-refractivity contribution in [2.75, 3.05) is 13.1 Å².